The van der Waals surface area contributed by atoms with Crippen LogP contribution in [0, 0.1) is 6.07 Å². The van der Waals surface area contributed by atoms with Gasteiger partial charge in [0.25, 0.3) is 0 Å². The van der Waals surface area contributed by atoms with Gasteiger partial charge in [-0.15, -0.1) is 5.56 Å². The Hall–Kier alpha value is -3.48. The van der Waals surface area contributed by atoms with Gasteiger partial charge in [0.1, 0.15) is 0 Å². The molecule has 0 bridgehead atoms. The summed E-state index contributed by atoms with van der Waals surface area (Å²) >= 11 is 1.44. The molecule has 1 aliphatic carbocycles. The molecule has 0 saturated heterocycles. The van der Waals surface area contributed by atoms with E-state index in [0.717, 1.165) is 6.42 Å². The molecule has 0 saturated carbocycles. The average molecular weight is 659 g/mol. The molecule has 0 fully saturated rings. The molecular weight excluding hydrogens is 631 g/mol. The SMILES string of the molecule is [Cl-].[Cl-].[Zr+2]=[C](c1cccc2ccccc12)c1cccc2ccccc12.[c-]1cccc2c1Cc1ccccc1-2.c1cc[cH-]c1. The van der Waals surface area contributed by atoms with E-state index >= 15 is 0 Å². The predicted molar refractivity (Wildman–Crippen MR) is 167 cm³/mol. The normalized spacial score (nSPS) is 10.5. The van der Waals surface area contributed by atoms with Crippen molar-refractivity contribution < 1.29 is 49.0 Å². The first-order valence-corrected chi connectivity index (χ1v) is 14.8. The second kappa shape index (κ2) is 15.1. The van der Waals surface area contributed by atoms with Crippen LogP contribution in [0.4, 0.5) is 0 Å². The summed E-state index contributed by atoms with van der Waals surface area (Å²) < 4.78 is 1.42. The number of fused-ring (bicyclic) bond motifs is 5. The van der Waals surface area contributed by atoms with Crippen molar-refractivity contribution in [1.29, 1.82) is 0 Å². The van der Waals surface area contributed by atoms with Gasteiger partial charge in [-0.25, -0.2) is 12.1 Å². The summed E-state index contributed by atoms with van der Waals surface area (Å²) in [5.74, 6) is 0. The van der Waals surface area contributed by atoms with Gasteiger partial charge in [0, 0.05) is 0 Å². The molecule has 204 valence electrons. The van der Waals surface area contributed by atoms with Crippen LogP contribution >= 0.6 is 0 Å². The van der Waals surface area contributed by atoms with Crippen LogP contribution in [0.5, 0.6) is 0 Å². The molecule has 0 aromatic heterocycles. The number of benzene rings is 6. The molecule has 3 heteroatoms. The van der Waals surface area contributed by atoms with Crippen LogP contribution in [0.25, 0.3) is 32.7 Å². The fourth-order valence-corrected chi connectivity index (χ4v) is 6.42. The van der Waals surface area contributed by atoms with Crippen LogP contribution in [0.2, 0.25) is 0 Å². The standard InChI is InChI=1S/C21H14.C13H9.C5H5.2ClH.Zr/c1-3-13-20-16(7-1)9-5-11-18(20)15-19-12-6-10-17-8-2-4-14-21(17)19;1-3-7-12-10(5-1)9-11-6-2-4-8-13(11)12;1-2-4-5-3-1;;;/h1-14H;1-5,7-8H,9H2;1-5H;2*1H;/q;2*-1;;;+2/p-2. The fourth-order valence-electron chi connectivity index (χ4n) is 5.35. The Kier molecular flexibility index (Phi) is 11.3. The van der Waals surface area contributed by atoms with Gasteiger partial charge in [0.2, 0.25) is 0 Å². The maximum atomic E-state index is 3.30. The summed E-state index contributed by atoms with van der Waals surface area (Å²) in [6.07, 6.45) is 1.05. The van der Waals surface area contributed by atoms with Gasteiger partial charge in [-0.1, -0.05) is 35.4 Å². The van der Waals surface area contributed by atoms with Gasteiger partial charge in [-0.2, -0.15) is 48.0 Å². The molecular formula is C39H28Cl2Zr-2. The van der Waals surface area contributed by atoms with Crippen molar-refractivity contribution in [2.24, 2.45) is 0 Å². The van der Waals surface area contributed by atoms with Crippen molar-refractivity contribution in [3.8, 4) is 11.1 Å². The van der Waals surface area contributed by atoms with Crippen molar-refractivity contribution in [3.05, 3.63) is 186 Å². The van der Waals surface area contributed by atoms with Gasteiger partial charge < -0.3 is 24.8 Å². The van der Waals surface area contributed by atoms with Crippen molar-refractivity contribution in [1.82, 2.24) is 0 Å². The molecule has 42 heavy (non-hydrogen) atoms. The molecule has 1 aliphatic rings. The zero-order valence-corrected chi connectivity index (χ0v) is 26.9. The molecule has 0 spiro atoms. The Morgan fingerprint density at radius 1 is 0.548 bits per heavy atom. The van der Waals surface area contributed by atoms with E-state index in [9.17, 15) is 0 Å². The van der Waals surface area contributed by atoms with E-state index < -0.39 is 0 Å². The third kappa shape index (κ3) is 6.93. The summed E-state index contributed by atoms with van der Waals surface area (Å²) in [6, 6.07) is 58.6. The maximum absolute atomic E-state index is 3.30. The van der Waals surface area contributed by atoms with Crippen molar-refractivity contribution >= 4 is 24.8 Å². The van der Waals surface area contributed by atoms with E-state index in [-0.39, 0.29) is 24.8 Å². The molecule has 0 N–H and O–H groups in total. The molecule has 7 aromatic rings. The van der Waals surface area contributed by atoms with Crippen LogP contribution in [0.1, 0.15) is 22.3 Å². The number of hydrogen-bond acceptors (Lipinski definition) is 0. The van der Waals surface area contributed by atoms with Crippen molar-refractivity contribution in [3.63, 3.8) is 0 Å². The van der Waals surface area contributed by atoms with Crippen LogP contribution < -0.4 is 24.8 Å². The van der Waals surface area contributed by atoms with Gasteiger partial charge >= 0.3 is 145 Å². The minimum atomic E-state index is 0. The van der Waals surface area contributed by atoms with Gasteiger partial charge in [0.05, 0.1) is 0 Å². The quantitative estimate of drug-likeness (QED) is 0.250. The third-order valence-electron chi connectivity index (χ3n) is 7.29. The molecule has 7 aromatic carbocycles. The van der Waals surface area contributed by atoms with Crippen LogP contribution in [0.15, 0.2) is 158 Å². The van der Waals surface area contributed by atoms with E-state index in [1.165, 1.54) is 82.4 Å². The van der Waals surface area contributed by atoms with Crippen molar-refractivity contribution in [2.45, 2.75) is 6.42 Å². The Morgan fingerprint density at radius 2 is 1.07 bits per heavy atom. The fraction of sp³-hybridized carbons (Fsp3) is 0.0256. The maximum Gasteiger partial charge on any atom is -0.0253 e. The first kappa shape index (κ1) is 31.5. The summed E-state index contributed by atoms with van der Waals surface area (Å²) in [6.45, 7) is 0. The van der Waals surface area contributed by atoms with E-state index in [0.29, 0.717) is 0 Å². The van der Waals surface area contributed by atoms with E-state index in [2.05, 4.69) is 127 Å². The third-order valence-corrected chi connectivity index (χ3v) is 8.61. The Labute approximate surface area is 275 Å². The van der Waals surface area contributed by atoms with Crippen LogP contribution in [-0.2, 0) is 30.7 Å². The predicted octanol–water partition coefficient (Wildman–Crippen LogP) is 3.58. The van der Waals surface area contributed by atoms with Gasteiger partial charge in [-0.3, -0.25) is 0 Å². The van der Waals surface area contributed by atoms with E-state index in [4.69, 9.17) is 0 Å². The minimum absolute atomic E-state index is 0. The Morgan fingerprint density at radius 3 is 1.67 bits per heavy atom. The van der Waals surface area contributed by atoms with E-state index in [1.54, 1.807) is 0 Å². The molecule has 0 radical (unpaired) electrons. The molecule has 0 amide bonds. The minimum Gasteiger partial charge on any atom is -0.214 e. The van der Waals surface area contributed by atoms with Crippen LogP contribution in [0.3, 0.4) is 0 Å². The molecule has 8 rings (SSSR count). The van der Waals surface area contributed by atoms with Crippen molar-refractivity contribution in [2.75, 3.05) is 0 Å². The van der Waals surface area contributed by atoms with Gasteiger partial charge in [0.15, 0.2) is 0 Å². The second-order valence-corrected chi connectivity index (χ2v) is 11.0. The largest absolute Gasteiger partial charge is 0.214 e. The first-order valence-electron chi connectivity index (χ1n) is 13.6. The summed E-state index contributed by atoms with van der Waals surface area (Å²) in [4.78, 5) is 0. The number of hydrogen-bond donors (Lipinski definition) is 0. The summed E-state index contributed by atoms with van der Waals surface area (Å²) in [5.41, 5.74) is 8.22. The molecule has 0 atom stereocenters. The molecule has 0 aliphatic heterocycles. The topological polar surface area (TPSA) is 0 Å². The molecule has 0 heterocycles. The monoisotopic (exact) mass is 656 g/mol. The van der Waals surface area contributed by atoms with E-state index in [1.807, 2.05) is 36.4 Å². The zero-order chi connectivity index (χ0) is 27.1. The Bertz CT molecular complexity index is 1750. The first-order chi connectivity index (χ1) is 19.8. The average Bonchev–Trinajstić information content (AvgIpc) is 3.73. The molecule has 0 nitrogen and oxygen atoms in total. The Balaban J connectivity index is 0.000000171. The number of halogens is 2. The second-order valence-electron chi connectivity index (χ2n) is 9.79. The zero-order valence-electron chi connectivity index (χ0n) is 23.0. The number of rotatable bonds is 2. The molecule has 0 unspecified atom stereocenters. The van der Waals surface area contributed by atoms with Crippen LogP contribution in [-0.4, -0.2) is 3.21 Å². The smallest absolute Gasteiger partial charge is 0.0253 e. The van der Waals surface area contributed by atoms with Gasteiger partial charge in [-0.05, 0) is 6.42 Å². The summed E-state index contributed by atoms with van der Waals surface area (Å²) in [5, 5.41) is 5.29. The summed E-state index contributed by atoms with van der Waals surface area (Å²) in [7, 11) is 0.